The van der Waals surface area contributed by atoms with Crippen LogP contribution in [-0.4, -0.2) is 11.2 Å². The standard InChI is InChI=1S/C14H18Cl2O/c1-9-3-2-4-12(9)14(17)7-10-5-6-11(15)8-13(10)16/h5-6,8-9,12,14,17H,2-4,7H2,1H3. The van der Waals surface area contributed by atoms with Crippen molar-refractivity contribution in [1.82, 2.24) is 0 Å². The lowest BCUT2D eigenvalue weighted by Gasteiger charge is -2.22. The number of hydrogen-bond acceptors (Lipinski definition) is 1. The molecule has 0 saturated heterocycles. The van der Waals surface area contributed by atoms with Crippen molar-refractivity contribution in [3.05, 3.63) is 33.8 Å². The topological polar surface area (TPSA) is 20.2 Å². The molecule has 3 unspecified atom stereocenters. The van der Waals surface area contributed by atoms with Gasteiger partial charge >= 0.3 is 0 Å². The minimum Gasteiger partial charge on any atom is -0.392 e. The quantitative estimate of drug-likeness (QED) is 0.868. The summed E-state index contributed by atoms with van der Waals surface area (Å²) in [6.07, 6.45) is 3.94. The lowest BCUT2D eigenvalue weighted by atomic mass is 9.88. The lowest BCUT2D eigenvalue weighted by molar-refractivity contribution is 0.0902. The SMILES string of the molecule is CC1CCCC1C(O)Cc1ccc(Cl)cc1Cl. The molecule has 3 heteroatoms. The van der Waals surface area contributed by atoms with Crippen molar-refractivity contribution < 1.29 is 5.11 Å². The Bertz CT molecular complexity index is 392. The zero-order valence-electron chi connectivity index (χ0n) is 10.00. The predicted octanol–water partition coefficient (Wildman–Crippen LogP) is 4.33. The Kier molecular flexibility index (Phi) is 4.35. The first-order chi connectivity index (χ1) is 8.08. The van der Waals surface area contributed by atoms with E-state index < -0.39 is 0 Å². The molecule has 0 spiro atoms. The van der Waals surface area contributed by atoms with Crippen molar-refractivity contribution in [2.45, 2.75) is 38.7 Å². The summed E-state index contributed by atoms with van der Waals surface area (Å²) >= 11 is 12.0. The summed E-state index contributed by atoms with van der Waals surface area (Å²) in [5.74, 6) is 1.04. The van der Waals surface area contributed by atoms with Gasteiger partial charge in [-0.15, -0.1) is 0 Å². The van der Waals surface area contributed by atoms with Gasteiger partial charge in [-0.2, -0.15) is 0 Å². The number of rotatable bonds is 3. The third-order valence-electron chi connectivity index (χ3n) is 3.87. The molecule has 94 valence electrons. The van der Waals surface area contributed by atoms with E-state index in [1.54, 1.807) is 6.07 Å². The second-order valence-electron chi connectivity index (χ2n) is 5.08. The van der Waals surface area contributed by atoms with E-state index in [0.717, 1.165) is 12.0 Å². The summed E-state index contributed by atoms with van der Waals surface area (Å²) in [4.78, 5) is 0. The molecule has 0 radical (unpaired) electrons. The van der Waals surface area contributed by atoms with E-state index in [2.05, 4.69) is 6.92 Å². The van der Waals surface area contributed by atoms with E-state index in [1.165, 1.54) is 12.8 Å². The fourth-order valence-corrected chi connectivity index (χ4v) is 3.30. The van der Waals surface area contributed by atoms with E-state index in [9.17, 15) is 5.11 Å². The van der Waals surface area contributed by atoms with Crippen LogP contribution in [0.25, 0.3) is 0 Å². The van der Waals surface area contributed by atoms with Gasteiger partial charge in [-0.05, 0) is 36.0 Å². The molecule has 1 nitrogen and oxygen atoms in total. The van der Waals surface area contributed by atoms with E-state index >= 15 is 0 Å². The highest BCUT2D eigenvalue weighted by Crippen LogP contribution is 2.35. The Morgan fingerprint density at radius 2 is 2.12 bits per heavy atom. The molecule has 0 aliphatic heterocycles. The van der Waals surface area contributed by atoms with Crippen molar-refractivity contribution in [2.75, 3.05) is 0 Å². The van der Waals surface area contributed by atoms with Gasteiger partial charge in [-0.25, -0.2) is 0 Å². The molecule has 0 heterocycles. The molecule has 1 aromatic carbocycles. The summed E-state index contributed by atoms with van der Waals surface area (Å²) in [6.45, 7) is 2.23. The van der Waals surface area contributed by atoms with Crippen LogP contribution in [-0.2, 0) is 6.42 Å². The van der Waals surface area contributed by atoms with Gasteiger partial charge in [0.15, 0.2) is 0 Å². The highest BCUT2D eigenvalue weighted by molar-refractivity contribution is 6.35. The molecule has 0 aromatic heterocycles. The number of benzene rings is 1. The second kappa shape index (κ2) is 5.60. The molecule has 1 aliphatic carbocycles. The van der Waals surface area contributed by atoms with Crippen LogP contribution in [0.2, 0.25) is 10.0 Å². The van der Waals surface area contributed by atoms with Gasteiger partial charge in [0.25, 0.3) is 0 Å². The molecule has 17 heavy (non-hydrogen) atoms. The van der Waals surface area contributed by atoms with Crippen molar-refractivity contribution in [3.63, 3.8) is 0 Å². The molecular formula is C14H18Cl2O. The average molecular weight is 273 g/mol. The average Bonchev–Trinajstić information content (AvgIpc) is 2.68. The lowest BCUT2D eigenvalue weighted by Crippen LogP contribution is -2.24. The number of aliphatic hydroxyl groups is 1. The van der Waals surface area contributed by atoms with Crippen LogP contribution >= 0.6 is 23.2 Å². The van der Waals surface area contributed by atoms with E-state index in [0.29, 0.717) is 28.3 Å². The molecule has 1 aromatic rings. The monoisotopic (exact) mass is 272 g/mol. The maximum atomic E-state index is 10.3. The van der Waals surface area contributed by atoms with Gasteiger partial charge in [0.1, 0.15) is 0 Å². The first kappa shape index (κ1) is 13.2. The van der Waals surface area contributed by atoms with Gasteiger partial charge in [0, 0.05) is 16.5 Å². The summed E-state index contributed by atoms with van der Waals surface area (Å²) in [5, 5.41) is 11.6. The molecule has 1 N–H and O–H groups in total. The number of halogens is 2. The highest BCUT2D eigenvalue weighted by Gasteiger charge is 2.29. The fraction of sp³-hybridized carbons (Fsp3) is 0.571. The molecule has 1 aliphatic rings. The molecule has 0 amide bonds. The molecule has 0 bridgehead atoms. The minimum atomic E-state index is -0.286. The van der Waals surface area contributed by atoms with Gasteiger partial charge in [-0.3, -0.25) is 0 Å². The van der Waals surface area contributed by atoms with Crippen molar-refractivity contribution >= 4 is 23.2 Å². The largest absolute Gasteiger partial charge is 0.392 e. The summed E-state index contributed by atoms with van der Waals surface area (Å²) in [5.41, 5.74) is 0.989. The van der Waals surface area contributed by atoms with Crippen LogP contribution in [0, 0.1) is 11.8 Å². The van der Waals surface area contributed by atoms with E-state index in [-0.39, 0.29) is 6.10 Å². The van der Waals surface area contributed by atoms with Gasteiger partial charge in [-0.1, -0.05) is 49.0 Å². The van der Waals surface area contributed by atoms with Gasteiger partial charge in [0.05, 0.1) is 6.10 Å². The van der Waals surface area contributed by atoms with Crippen LogP contribution < -0.4 is 0 Å². The Morgan fingerprint density at radius 1 is 1.35 bits per heavy atom. The number of aliphatic hydroxyl groups excluding tert-OH is 1. The Hall–Kier alpha value is -0.240. The van der Waals surface area contributed by atoms with Gasteiger partial charge < -0.3 is 5.11 Å². The predicted molar refractivity (Wildman–Crippen MR) is 72.7 cm³/mol. The molecular weight excluding hydrogens is 255 g/mol. The van der Waals surface area contributed by atoms with E-state index in [4.69, 9.17) is 23.2 Å². The first-order valence-corrected chi connectivity index (χ1v) is 6.95. The fourth-order valence-electron chi connectivity index (χ4n) is 2.81. The Balaban J connectivity index is 2.04. The second-order valence-corrected chi connectivity index (χ2v) is 5.92. The number of hydrogen-bond donors (Lipinski definition) is 1. The molecule has 3 atom stereocenters. The minimum absolute atomic E-state index is 0.286. The maximum Gasteiger partial charge on any atom is 0.0611 e. The summed E-state index contributed by atoms with van der Waals surface area (Å²) < 4.78 is 0. The van der Waals surface area contributed by atoms with Crippen LogP contribution in [0.5, 0.6) is 0 Å². The zero-order valence-corrected chi connectivity index (χ0v) is 11.5. The maximum absolute atomic E-state index is 10.3. The summed E-state index contributed by atoms with van der Waals surface area (Å²) in [6, 6.07) is 5.48. The Morgan fingerprint density at radius 3 is 2.71 bits per heavy atom. The van der Waals surface area contributed by atoms with Crippen LogP contribution in [0.3, 0.4) is 0 Å². The molecule has 1 fully saturated rings. The smallest absolute Gasteiger partial charge is 0.0611 e. The third-order valence-corrected chi connectivity index (χ3v) is 4.45. The molecule has 1 saturated carbocycles. The highest BCUT2D eigenvalue weighted by atomic mass is 35.5. The van der Waals surface area contributed by atoms with Crippen LogP contribution in [0.15, 0.2) is 18.2 Å². The Labute approximate surface area is 113 Å². The van der Waals surface area contributed by atoms with Crippen LogP contribution in [0.1, 0.15) is 31.7 Å². The van der Waals surface area contributed by atoms with Crippen molar-refractivity contribution in [3.8, 4) is 0 Å². The zero-order chi connectivity index (χ0) is 12.4. The normalized spacial score (nSPS) is 26.1. The van der Waals surface area contributed by atoms with Crippen molar-refractivity contribution in [1.29, 1.82) is 0 Å². The van der Waals surface area contributed by atoms with Gasteiger partial charge in [0.2, 0.25) is 0 Å². The van der Waals surface area contributed by atoms with Crippen LogP contribution in [0.4, 0.5) is 0 Å². The third kappa shape index (κ3) is 3.15. The van der Waals surface area contributed by atoms with E-state index in [1.807, 2.05) is 12.1 Å². The summed E-state index contributed by atoms with van der Waals surface area (Å²) in [7, 11) is 0. The first-order valence-electron chi connectivity index (χ1n) is 6.20. The molecule has 2 rings (SSSR count). The van der Waals surface area contributed by atoms with Crippen molar-refractivity contribution in [2.24, 2.45) is 11.8 Å².